The first-order valence-electron chi connectivity index (χ1n) is 7.20. The molecule has 2 rings (SSSR count). The Hall–Kier alpha value is -2.62. The molecule has 0 atom stereocenters. The molecule has 0 fully saturated rings. The number of rotatable bonds is 6. The van der Waals surface area contributed by atoms with Crippen LogP contribution >= 0.6 is 0 Å². The van der Waals surface area contributed by atoms with Crippen LogP contribution in [0.15, 0.2) is 42.6 Å². The van der Waals surface area contributed by atoms with Crippen molar-refractivity contribution >= 4 is 18.1 Å². The minimum absolute atomic E-state index is 0.252. The average molecular weight is 297 g/mol. The third-order valence-corrected chi connectivity index (χ3v) is 3.00. The molecule has 0 unspecified atom stereocenters. The standard InChI is InChI=1S/C18H19NO3/c1-3-6-18(20)22-16-11-9-14(13-17(16)21-2)8-10-15-7-4-5-12-19-15/h4-5,7-13H,3,6H2,1-2H3/b10-8+. The smallest absolute Gasteiger partial charge is 0.311 e. The summed E-state index contributed by atoms with van der Waals surface area (Å²) in [7, 11) is 1.55. The van der Waals surface area contributed by atoms with Crippen molar-refractivity contribution in [3.05, 3.63) is 53.9 Å². The Morgan fingerprint density at radius 1 is 1.18 bits per heavy atom. The summed E-state index contributed by atoms with van der Waals surface area (Å²) in [6.45, 7) is 1.93. The van der Waals surface area contributed by atoms with Crippen molar-refractivity contribution in [3.8, 4) is 11.5 Å². The Kier molecular flexibility index (Phi) is 5.72. The number of nitrogens with zero attached hydrogens (tertiary/aromatic N) is 1. The van der Waals surface area contributed by atoms with E-state index in [1.54, 1.807) is 19.4 Å². The number of hydrogen-bond donors (Lipinski definition) is 0. The number of carbonyl (C=O) groups excluding carboxylic acids is 1. The first-order chi connectivity index (χ1) is 10.7. The summed E-state index contributed by atoms with van der Waals surface area (Å²) in [5.74, 6) is 0.723. The van der Waals surface area contributed by atoms with Gasteiger partial charge in [0.05, 0.1) is 12.8 Å². The van der Waals surface area contributed by atoms with E-state index in [0.717, 1.165) is 17.7 Å². The van der Waals surface area contributed by atoms with Gasteiger partial charge >= 0.3 is 5.97 Å². The highest BCUT2D eigenvalue weighted by Gasteiger charge is 2.09. The van der Waals surface area contributed by atoms with Crippen molar-refractivity contribution in [3.63, 3.8) is 0 Å². The minimum Gasteiger partial charge on any atom is -0.493 e. The van der Waals surface area contributed by atoms with Gasteiger partial charge in [0.1, 0.15) is 0 Å². The lowest BCUT2D eigenvalue weighted by atomic mass is 10.1. The second-order valence-corrected chi connectivity index (χ2v) is 4.72. The van der Waals surface area contributed by atoms with Crippen LogP contribution in [0.2, 0.25) is 0 Å². The zero-order chi connectivity index (χ0) is 15.8. The fourth-order valence-electron chi connectivity index (χ4n) is 1.91. The van der Waals surface area contributed by atoms with Crippen LogP contribution in [0.5, 0.6) is 11.5 Å². The lowest BCUT2D eigenvalue weighted by Crippen LogP contribution is -2.07. The second-order valence-electron chi connectivity index (χ2n) is 4.72. The number of aromatic nitrogens is 1. The highest BCUT2D eigenvalue weighted by atomic mass is 16.6. The van der Waals surface area contributed by atoms with Crippen LogP contribution in [-0.2, 0) is 4.79 Å². The van der Waals surface area contributed by atoms with E-state index in [4.69, 9.17) is 9.47 Å². The maximum Gasteiger partial charge on any atom is 0.311 e. The Labute approximate surface area is 130 Å². The van der Waals surface area contributed by atoms with Gasteiger partial charge in [0.15, 0.2) is 11.5 Å². The van der Waals surface area contributed by atoms with Crippen molar-refractivity contribution in [1.29, 1.82) is 0 Å². The van der Waals surface area contributed by atoms with E-state index < -0.39 is 0 Å². The summed E-state index contributed by atoms with van der Waals surface area (Å²) in [5, 5.41) is 0. The van der Waals surface area contributed by atoms with E-state index in [1.807, 2.05) is 49.4 Å². The number of hydrogen-bond acceptors (Lipinski definition) is 4. The number of benzene rings is 1. The van der Waals surface area contributed by atoms with Crippen LogP contribution in [0.25, 0.3) is 12.2 Å². The topological polar surface area (TPSA) is 48.4 Å². The molecule has 0 saturated carbocycles. The third-order valence-electron chi connectivity index (χ3n) is 3.00. The molecule has 1 aromatic heterocycles. The predicted octanol–water partition coefficient (Wildman–Crippen LogP) is 3.97. The van der Waals surface area contributed by atoms with Crippen molar-refractivity contribution in [1.82, 2.24) is 4.98 Å². The number of esters is 1. The van der Waals surface area contributed by atoms with E-state index in [9.17, 15) is 4.79 Å². The van der Waals surface area contributed by atoms with E-state index in [-0.39, 0.29) is 5.97 Å². The summed E-state index contributed by atoms with van der Waals surface area (Å²) in [6.07, 6.45) is 6.74. The van der Waals surface area contributed by atoms with Crippen molar-refractivity contribution in [2.45, 2.75) is 19.8 Å². The third kappa shape index (κ3) is 4.45. The summed E-state index contributed by atoms with van der Waals surface area (Å²) >= 11 is 0. The van der Waals surface area contributed by atoms with Crippen LogP contribution in [-0.4, -0.2) is 18.1 Å². The number of pyridine rings is 1. The molecular formula is C18H19NO3. The highest BCUT2D eigenvalue weighted by molar-refractivity contribution is 5.74. The first kappa shape index (κ1) is 15.8. The molecule has 22 heavy (non-hydrogen) atoms. The number of methoxy groups -OCH3 is 1. The fraction of sp³-hybridized carbons (Fsp3) is 0.222. The summed E-state index contributed by atoms with van der Waals surface area (Å²) < 4.78 is 10.6. The highest BCUT2D eigenvalue weighted by Crippen LogP contribution is 2.29. The molecule has 4 nitrogen and oxygen atoms in total. The molecule has 0 aliphatic heterocycles. The van der Waals surface area contributed by atoms with Crippen LogP contribution in [0, 0.1) is 0 Å². The van der Waals surface area contributed by atoms with Gasteiger partial charge in [-0.3, -0.25) is 9.78 Å². The van der Waals surface area contributed by atoms with E-state index in [1.165, 1.54) is 0 Å². The maximum absolute atomic E-state index is 11.6. The van der Waals surface area contributed by atoms with Gasteiger partial charge in [0, 0.05) is 12.6 Å². The maximum atomic E-state index is 11.6. The lowest BCUT2D eigenvalue weighted by Gasteiger charge is -2.09. The van der Waals surface area contributed by atoms with Crippen LogP contribution in [0.4, 0.5) is 0 Å². The normalized spacial score (nSPS) is 10.6. The quantitative estimate of drug-likeness (QED) is 0.598. The number of carbonyl (C=O) groups is 1. The van der Waals surface area contributed by atoms with Gasteiger partial charge in [0.25, 0.3) is 0 Å². The second kappa shape index (κ2) is 7.98. The lowest BCUT2D eigenvalue weighted by molar-refractivity contribution is -0.134. The molecule has 0 radical (unpaired) electrons. The zero-order valence-corrected chi connectivity index (χ0v) is 12.8. The molecule has 114 valence electrons. The monoisotopic (exact) mass is 297 g/mol. The fourth-order valence-corrected chi connectivity index (χ4v) is 1.91. The predicted molar refractivity (Wildman–Crippen MR) is 86.7 cm³/mol. The molecule has 0 amide bonds. The zero-order valence-electron chi connectivity index (χ0n) is 12.8. The molecule has 4 heteroatoms. The molecule has 1 heterocycles. The van der Waals surface area contributed by atoms with Crippen molar-refractivity contribution < 1.29 is 14.3 Å². The molecule has 0 spiro atoms. The Bertz CT molecular complexity index is 651. The minimum atomic E-state index is -0.252. The van der Waals surface area contributed by atoms with Gasteiger partial charge < -0.3 is 9.47 Å². The van der Waals surface area contributed by atoms with Crippen LogP contribution < -0.4 is 9.47 Å². The van der Waals surface area contributed by atoms with E-state index in [2.05, 4.69) is 4.98 Å². The van der Waals surface area contributed by atoms with Gasteiger partial charge in [0.2, 0.25) is 0 Å². The van der Waals surface area contributed by atoms with Crippen LogP contribution in [0.1, 0.15) is 31.0 Å². The van der Waals surface area contributed by atoms with Gasteiger partial charge in [-0.15, -0.1) is 0 Å². The van der Waals surface area contributed by atoms with E-state index in [0.29, 0.717) is 17.9 Å². The summed E-state index contributed by atoms with van der Waals surface area (Å²) in [4.78, 5) is 15.8. The molecule has 0 aliphatic carbocycles. The Balaban J connectivity index is 2.15. The van der Waals surface area contributed by atoms with Crippen LogP contribution in [0.3, 0.4) is 0 Å². The van der Waals surface area contributed by atoms with Gasteiger partial charge in [-0.25, -0.2) is 0 Å². The average Bonchev–Trinajstić information content (AvgIpc) is 2.55. The molecule has 1 aromatic carbocycles. The van der Waals surface area contributed by atoms with Gasteiger partial charge in [-0.05, 0) is 42.3 Å². The molecule has 0 saturated heterocycles. The molecule has 0 N–H and O–H groups in total. The summed E-state index contributed by atoms with van der Waals surface area (Å²) in [5.41, 5.74) is 1.82. The van der Waals surface area contributed by atoms with Crippen molar-refractivity contribution in [2.24, 2.45) is 0 Å². The summed E-state index contributed by atoms with van der Waals surface area (Å²) in [6, 6.07) is 11.2. The molecule has 2 aromatic rings. The molecule has 0 aliphatic rings. The Morgan fingerprint density at radius 2 is 2.05 bits per heavy atom. The Morgan fingerprint density at radius 3 is 2.73 bits per heavy atom. The number of ether oxygens (including phenoxy) is 2. The first-order valence-corrected chi connectivity index (χ1v) is 7.20. The van der Waals surface area contributed by atoms with Gasteiger partial charge in [-0.2, -0.15) is 0 Å². The van der Waals surface area contributed by atoms with E-state index >= 15 is 0 Å². The SMILES string of the molecule is CCCC(=O)Oc1ccc(/C=C/c2ccccn2)cc1OC. The largest absolute Gasteiger partial charge is 0.493 e. The molecular weight excluding hydrogens is 278 g/mol. The molecule has 0 bridgehead atoms. The van der Waals surface area contributed by atoms with Crippen molar-refractivity contribution in [2.75, 3.05) is 7.11 Å². The van der Waals surface area contributed by atoms with Gasteiger partial charge in [-0.1, -0.05) is 25.1 Å².